The molecule has 0 N–H and O–H groups in total. The van der Waals surface area contributed by atoms with Crippen molar-refractivity contribution in [1.82, 2.24) is 4.90 Å². The molecule has 2 unspecified atom stereocenters. The summed E-state index contributed by atoms with van der Waals surface area (Å²) in [5.41, 5.74) is 3.22. The van der Waals surface area contributed by atoms with Gasteiger partial charge < -0.3 is 0 Å². The lowest BCUT2D eigenvalue weighted by atomic mass is 9.86. The van der Waals surface area contributed by atoms with Crippen LogP contribution in [0.15, 0.2) is 42.0 Å². The molecule has 2 bridgehead atoms. The van der Waals surface area contributed by atoms with Crippen LogP contribution in [0, 0.1) is 5.92 Å². The molecule has 0 saturated carbocycles. The van der Waals surface area contributed by atoms with Crippen molar-refractivity contribution in [3.8, 4) is 0 Å². The van der Waals surface area contributed by atoms with Gasteiger partial charge >= 0.3 is 0 Å². The lowest BCUT2D eigenvalue weighted by molar-refractivity contribution is 0.189. The fraction of sp³-hybridized carbons (Fsp3) is 0.579. The minimum Gasteiger partial charge on any atom is -0.289 e. The van der Waals surface area contributed by atoms with E-state index in [1.54, 1.807) is 5.57 Å². The average molecular weight is 269 g/mol. The van der Waals surface area contributed by atoms with Crippen molar-refractivity contribution in [2.75, 3.05) is 0 Å². The summed E-state index contributed by atoms with van der Waals surface area (Å²) in [4.78, 5) is 2.74. The highest BCUT2D eigenvalue weighted by Gasteiger charge is 2.37. The van der Waals surface area contributed by atoms with Gasteiger partial charge in [-0.15, -0.1) is 0 Å². The van der Waals surface area contributed by atoms with Crippen LogP contribution in [-0.4, -0.2) is 17.0 Å². The summed E-state index contributed by atoms with van der Waals surface area (Å²) in [5, 5.41) is 0. The molecule has 2 heterocycles. The quantitative estimate of drug-likeness (QED) is 0.695. The third-order valence-electron chi connectivity index (χ3n) is 5.29. The van der Waals surface area contributed by atoms with Crippen LogP contribution in [0.5, 0.6) is 0 Å². The molecule has 108 valence electrons. The second-order valence-corrected chi connectivity index (χ2v) is 6.42. The monoisotopic (exact) mass is 269 g/mol. The van der Waals surface area contributed by atoms with Gasteiger partial charge in [0.25, 0.3) is 0 Å². The third-order valence-corrected chi connectivity index (χ3v) is 5.29. The van der Waals surface area contributed by atoms with Gasteiger partial charge in [-0.2, -0.15) is 0 Å². The van der Waals surface area contributed by atoms with Gasteiger partial charge in [-0.05, 0) is 43.6 Å². The molecule has 0 radical (unpaired) electrons. The smallest absolute Gasteiger partial charge is 0.0288 e. The highest BCUT2D eigenvalue weighted by Crippen LogP contribution is 2.39. The van der Waals surface area contributed by atoms with Crippen LogP contribution in [-0.2, 0) is 6.54 Å². The van der Waals surface area contributed by atoms with Crippen molar-refractivity contribution in [3.63, 3.8) is 0 Å². The highest BCUT2D eigenvalue weighted by molar-refractivity contribution is 5.22. The second kappa shape index (κ2) is 6.13. The SMILES string of the molecule is CCC(CC)C1=CC2CCC(C1)N2Cc1ccccc1. The Labute approximate surface area is 123 Å². The Hall–Kier alpha value is -1.08. The summed E-state index contributed by atoms with van der Waals surface area (Å²) in [7, 11) is 0. The molecule has 1 aromatic rings. The fourth-order valence-electron chi connectivity index (χ4n) is 4.11. The molecule has 1 aromatic carbocycles. The maximum absolute atomic E-state index is 2.74. The van der Waals surface area contributed by atoms with Crippen LogP contribution < -0.4 is 0 Å². The van der Waals surface area contributed by atoms with Crippen LogP contribution in [0.2, 0.25) is 0 Å². The molecule has 0 aliphatic carbocycles. The van der Waals surface area contributed by atoms with Gasteiger partial charge in [0.2, 0.25) is 0 Å². The van der Waals surface area contributed by atoms with Gasteiger partial charge in [-0.3, -0.25) is 4.90 Å². The lowest BCUT2D eigenvalue weighted by Gasteiger charge is -2.36. The molecule has 0 amide bonds. The first-order valence-electron chi connectivity index (χ1n) is 8.32. The first-order chi connectivity index (χ1) is 9.81. The Kier molecular flexibility index (Phi) is 4.26. The lowest BCUT2D eigenvalue weighted by Crippen LogP contribution is -2.38. The Morgan fingerprint density at radius 2 is 1.85 bits per heavy atom. The minimum atomic E-state index is 0.699. The van der Waals surface area contributed by atoms with E-state index in [1.807, 2.05) is 0 Å². The van der Waals surface area contributed by atoms with Crippen LogP contribution in [0.1, 0.15) is 51.5 Å². The van der Waals surface area contributed by atoms with E-state index in [2.05, 4.69) is 55.2 Å². The number of nitrogens with zero attached hydrogens (tertiary/aromatic N) is 1. The van der Waals surface area contributed by atoms with Gasteiger partial charge in [0.15, 0.2) is 0 Å². The van der Waals surface area contributed by atoms with Gasteiger partial charge in [-0.25, -0.2) is 0 Å². The average Bonchev–Trinajstić information content (AvgIpc) is 2.72. The summed E-state index contributed by atoms with van der Waals surface area (Å²) in [6, 6.07) is 12.4. The first-order valence-corrected chi connectivity index (χ1v) is 8.32. The number of hydrogen-bond donors (Lipinski definition) is 0. The van der Waals surface area contributed by atoms with E-state index in [0.717, 1.165) is 18.5 Å². The normalized spacial score (nSPS) is 26.1. The maximum Gasteiger partial charge on any atom is 0.0288 e. The third kappa shape index (κ3) is 2.69. The molecule has 1 heteroatoms. The van der Waals surface area contributed by atoms with Crippen molar-refractivity contribution in [3.05, 3.63) is 47.5 Å². The largest absolute Gasteiger partial charge is 0.289 e. The zero-order valence-electron chi connectivity index (χ0n) is 12.9. The predicted octanol–water partition coefficient (Wildman–Crippen LogP) is 4.79. The molecule has 1 fully saturated rings. The molecule has 2 atom stereocenters. The van der Waals surface area contributed by atoms with E-state index in [4.69, 9.17) is 0 Å². The first kappa shape index (κ1) is 13.9. The number of hydrogen-bond acceptors (Lipinski definition) is 1. The number of fused-ring (bicyclic) bond motifs is 2. The Bertz CT molecular complexity index is 458. The minimum absolute atomic E-state index is 0.699. The summed E-state index contributed by atoms with van der Waals surface area (Å²) < 4.78 is 0. The molecule has 20 heavy (non-hydrogen) atoms. The van der Waals surface area contributed by atoms with Crippen molar-refractivity contribution in [2.45, 2.75) is 64.6 Å². The van der Waals surface area contributed by atoms with E-state index in [-0.39, 0.29) is 0 Å². The van der Waals surface area contributed by atoms with Crippen LogP contribution in [0.3, 0.4) is 0 Å². The summed E-state index contributed by atoms with van der Waals surface area (Å²) in [5.74, 6) is 0.831. The van der Waals surface area contributed by atoms with Crippen LogP contribution >= 0.6 is 0 Å². The van der Waals surface area contributed by atoms with E-state index >= 15 is 0 Å². The highest BCUT2D eigenvalue weighted by atomic mass is 15.2. The molecule has 1 saturated heterocycles. The van der Waals surface area contributed by atoms with E-state index in [0.29, 0.717) is 6.04 Å². The molecular weight excluding hydrogens is 242 g/mol. The molecule has 0 aromatic heterocycles. The number of benzene rings is 1. The van der Waals surface area contributed by atoms with Crippen molar-refractivity contribution >= 4 is 0 Å². The molecule has 1 nitrogen and oxygen atoms in total. The molecule has 3 rings (SSSR count). The summed E-state index contributed by atoms with van der Waals surface area (Å²) in [6.45, 7) is 5.81. The fourth-order valence-corrected chi connectivity index (χ4v) is 4.11. The summed E-state index contributed by atoms with van der Waals surface area (Å²) in [6.07, 6.45) is 9.29. The maximum atomic E-state index is 2.74. The standard InChI is InChI=1S/C19H27N/c1-3-16(4-2)17-12-18-10-11-19(13-17)20(18)14-15-8-6-5-7-9-15/h5-9,12,16,18-19H,3-4,10-11,13-14H2,1-2H3. The Morgan fingerprint density at radius 3 is 2.50 bits per heavy atom. The predicted molar refractivity (Wildman–Crippen MR) is 85.6 cm³/mol. The van der Waals surface area contributed by atoms with Crippen molar-refractivity contribution in [1.29, 1.82) is 0 Å². The zero-order valence-corrected chi connectivity index (χ0v) is 12.9. The summed E-state index contributed by atoms with van der Waals surface area (Å²) >= 11 is 0. The van der Waals surface area contributed by atoms with Crippen LogP contribution in [0.25, 0.3) is 0 Å². The zero-order chi connectivity index (χ0) is 13.9. The van der Waals surface area contributed by atoms with Gasteiger partial charge in [0.05, 0.1) is 0 Å². The van der Waals surface area contributed by atoms with E-state index in [9.17, 15) is 0 Å². The Balaban J connectivity index is 1.74. The van der Waals surface area contributed by atoms with Crippen molar-refractivity contribution in [2.24, 2.45) is 5.92 Å². The van der Waals surface area contributed by atoms with E-state index in [1.165, 1.54) is 37.7 Å². The molecule has 2 aliphatic rings. The molecular formula is C19H27N. The number of rotatable bonds is 5. The van der Waals surface area contributed by atoms with Crippen molar-refractivity contribution < 1.29 is 0 Å². The topological polar surface area (TPSA) is 3.24 Å². The van der Waals surface area contributed by atoms with Gasteiger partial charge in [0, 0.05) is 18.6 Å². The molecule has 2 aliphatic heterocycles. The van der Waals surface area contributed by atoms with Gasteiger partial charge in [-0.1, -0.05) is 55.8 Å². The second-order valence-electron chi connectivity index (χ2n) is 6.42. The van der Waals surface area contributed by atoms with Gasteiger partial charge in [0.1, 0.15) is 0 Å². The van der Waals surface area contributed by atoms with E-state index < -0.39 is 0 Å². The van der Waals surface area contributed by atoms with Crippen LogP contribution in [0.4, 0.5) is 0 Å². The Morgan fingerprint density at radius 1 is 1.10 bits per heavy atom. The molecule has 0 spiro atoms.